The van der Waals surface area contributed by atoms with E-state index in [1.165, 1.54) is 16.7 Å². The maximum atomic E-state index is 5.82. The molecule has 1 aliphatic heterocycles. The normalized spacial score (nSPS) is 19.3. The van der Waals surface area contributed by atoms with Crippen LogP contribution in [0.2, 0.25) is 0 Å². The molecule has 0 saturated carbocycles. The van der Waals surface area contributed by atoms with Crippen LogP contribution in [0.4, 0.5) is 0 Å². The Morgan fingerprint density at radius 2 is 1.61 bits per heavy atom. The van der Waals surface area contributed by atoms with E-state index in [0.29, 0.717) is 31.2 Å². The molecule has 1 saturated heterocycles. The number of likely N-dealkylation sites (tertiary alicyclic amines) is 1. The minimum absolute atomic E-state index is 0. The van der Waals surface area contributed by atoms with Crippen LogP contribution in [0.25, 0.3) is 0 Å². The molecule has 5 nitrogen and oxygen atoms in total. The first-order valence-electron chi connectivity index (χ1n) is 11.0. The van der Waals surface area contributed by atoms with Gasteiger partial charge in [-0.3, -0.25) is 9.89 Å². The fraction of sp³-hybridized carbons (Fsp3) is 0.480. The van der Waals surface area contributed by atoms with Gasteiger partial charge in [0.15, 0.2) is 5.96 Å². The van der Waals surface area contributed by atoms with E-state index >= 15 is 0 Å². The average molecular weight is 537 g/mol. The second-order valence-corrected chi connectivity index (χ2v) is 8.50. The van der Waals surface area contributed by atoms with Crippen LogP contribution in [0.15, 0.2) is 59.6 Å². The predicted molar refractivity (Wildman–Crippen MR) is 140 cm³/mol. The van der Waals surface area contributed by atoms with Crippen molar-refractivity contribution in [2.24, 2.45) is 10.9 Å². The Labute approximate surface area is 204 Å². The number of nitrogens with zero attached hydrogens (tertiary/aromatic N) is 2. The topological polar surface area (TPSA) is 48.9 Å². The monoisotopic (exact) mass is 536 g/mol. The molecule has 1 aliphatic rings. The second kappa shape index (κ2) is 13.0. The first-order chi connectivity index (χ1) is 14.5. The molecular formula is C25H37IN4O. The van der Waals surface area contributed by atoms with Crippen molar-refractivity contribution in [2.75, 3.05) is 20.1 Å². The third kappa shape index (κ3) is 8.09. The standard InChI is InChI=1S/C25H36N4O.HI/c1-19(2)29-15-20(3)24(16-29)28-25(26-4)27-14-21-10-12-23(13-11-21)18-30-17-22-8-6-5-7-9-22;/h5-13,19-20,24H,14-18H2,1-4H3,(H2,26,27,28);1H. The fourth-order valence-electron chi connectivity index (χ4n) is 3.78. The highest BCUT2D eigenvalue weighted by atomic mass is 127. The molecule has 1 fully saturated rings. The lowest BCUT2D eigenvalue weighted by Gasteiger charge is -2.22. The van der Waals surface area contributed by atoms with E-state index in [0.717, 1.165) is 25.6 Å². The van der Waals surface area contributed by atoms with Gasteiger partial charge in [-0.15, -0.1) is 24.0 Å². The van der Waals surface area contributed by atoms with Gasteiger partial charge in [-0.2, -0.15) is 0 Å². The summed E-state index contributed by atoms with van der Waals surface area (Å²) in [7, 11) is 1.84. The van der Waals surface area contributed by atoms with Crippen LogP contribution in [0.5, 0.6) is 0 Å². The third-order valence-corrected chi connectivity index (χ3v) is 5.78. The van der Waals surface area contributed by atoms with Crippen LogP contribution in [0, 0.1) is 5.92 Å². The van der Waals surface area contributed by atoms with Gasteiger partial charge in [0.05, 0.1) is 13.2 Å². The Bertz CT molecular complexity index is 795. The molecule has 0 spiro atoms. The Hall–Kier alpha value is -1.64. The zero-order valence-corrected chi connectivity index (χ0v) is 21.5. The lowest BCUT2D eigenvalue weighted by atomic mass is 10.1. The minimum atomic E-state index is 0. The van der Waals surface area contributed by atoms with Gasteiger partial charge in [-0.05, 0) is 36.5 Å². The summed E-state index contributed by atoms with van der Waals surface area (Å²) in [6, 6.07) is 19.9. The zero-order valence-electron chi connectivity index (χ0n) is 19.2. The van der Waals surface area contributed by atoms with Crippen molar-refractivity contribution in [3.05, 3.63) is 71.3 Å². The smallest absolute Gasteiger partial charge is 0.191 e. The summed E-state index contributed by atoms with van der Waals surface area (Å²) in [6.07, 6.45) is 0. The minimum Gasteiger partial charge on any atom is -0.372 e. The summed E-state index contributed by atoms with van der Waals surface area (Å²) in [5, 5.41) is 7.05. The lowest BCUT2D eigenvalue weighted by molar-refractivity contribution is 0.107. The molecule has 0 aliphatic carbocycles. The fourth-order valence-corrected chi connectivity index (χ4v) is 3.78. The van der Waals surface area contributed by atoms with E-state index in [-0.39, 0.29) is 24.0 Å². The number of guanidine groups is 1. The molecule has 31 heavy (non-hydrogen) atoms. The molecule has 0 radical (unpaired) electrons. The van der Waals surface area contributed by atoms with Crippen LogP contribution in [-0.2, 0) is 24.5 Å². The van der Waals surface area contributed by atoms with Gasteiger partial charge in [-0.1, -0.05) is 61.5 Å². The van der Waals surface area contributed by atoms with Crippen molar-refractivity contribution < 1.29 is 4.74 Å². The number of aliphatic imine (C=N–C) groups is 1. The first-order valence-corrected chi connectivity index (χ1v) is 11.0. The van der Waals surface area contributed by atoms with Crippen LogP contribution in [-0.4, -0.2) is 43.1 Å². The van der Waals surface area contributed by atoms with Crippen molar-refractivity contribution in [1.29, 1.82) is 0 Å². The van der Waals surface area contributed by atoms with E-state index in [1.54, 1.807) is 0 Å². The summed E-state index contributed by atoms with van der Waals surface area (Å²) in [5.41, 5.74) is 3.61. The average Bonchev–Trinajstić information content (AvgIpc) is 3.13. The Morgan fingerprint density at radius 1 is 1.00 bits per heavy atom. The van der Waals surface area contributed by atoms with Gasteiger partial charge in [0.2, 0.25) is 0 Å². The summed E-state index contributed by atoms with van der Waals surface area (Å²) in [6.45, 7) is 11.1. The molecule has 1 heterocycles. The Morgan fingerprint density at radius 3 is 2.19 bits per heavy atom. The molecule has 2 aromatic carbocycles. The molecule has 2 unspecified atom stereocenters. The van der Waals surface area contributed by atoms with Crippen molar-refractivity contribution in [3.63, 3.8) is 0 Å². The highest BCUT2D eigenvalue weighted by Crippen LogP contribution is 2.18. The molecule has 2 atom stereocenters. The van der Waals surface area contributed by atoms with E-state index < -0.39 is 0 Å². The Balaban J connectivity index is 0.00000341. The largest absolute Gasteiger partial charge is 0.372 e. The number of ether oxygens (including phenoxy) is 1. The predicted octanol–water partition coefficient (Wildman–Crippen LogP) is 4.42. The van der Waals surface area contributed by atoms with Gasteiger partial charge in [0.25, 0.3) is 0 Å². The molecule has 170 valence electrons. The number of rotatable bonds is 8. The molecule has 2 aromatic rings. The van der Waals surface area contributed by atoms with Crippen molar-refractivity contribution >= 4 is 29.9 Å². The Kier molecular flexibility index (Phi) is 10.8. The molecule has 0 aromatic heterocycles. The van der Waals surface area contributed by atoms with Crippen LogP contribution in [0.3, 0.4) is 0 Å². The molecule has 0 bridgehead atoms. The van der Waals surface area contributed by atoms with Crippen LogP contribution < -0.4 is 10.6 Å². The quantitative estimate of drug-likeness (QED) is 0.298. The number of benzene rings is 2. The van der Waals surface area contributed by atoms with Gasteiger partial charge < -0.3 is 15.4 Å². The number of nitrogens with one attached hydrogen (secondary N) is 2. The molecule has 3 rings (SSSR count). The zero-order chi connectivity index (χ0) is 21.3. The SMILES string of the molecule is CN=C(NCc1ccc(COCc2ccccc2)cc1)NC1CN(C(C)C)CC1C.I. The van der Waals surface area contributed by atoms with E-state index in [4.69, 9.17) is 4.74 Å². The molecule has 6 heteroatoms. The first kappa shape index (κ1) is 25.6. The lowest BCUT2D eigenvalue weighted by Crippen LogP contribution is -2.46. The maximum absolute atomic E-state index is 5.82. The maximum Gasteiger partial charge on any atom is 0.191 e. The summed E-state index contributed by atoms with van der Waals surface area (Å²) in [4.78, 5) is 6.94. The van der Waals surface area contributed by atoms with Gasteiger partial charge in [-0.25, -0.2) is 0 Å². The van der Waals surface area contributed by atoms with Crippen molar-refractivity contribution in [1.82, 2.24) is 15.5 Å². The highest BCUT2D eigenvalue weighted by molar-refractivity contribution is 14.0. The third-order valence-electron chi connectivity index (χ3n) is 5.78. The van der Waals surface area contributed by atoms with Crippen molar-refractivity contribution in [3.8, 4) is 0 Å². The number of hydrogen-bond acceptors (Lipinski definition) is 3. The highest BCUT2D eigenvalue weighted by Gasteiger charge is 2.31. The van der Waals surface area contributed by atoms with E-state index in [1.807, 2.05) is 25.2 Å². The van der Waals surface area contributed by atoms with Gasteiger partial charge >= 0.3 is 0 Å². The summed E-state index contributed by atoms with van der Waals surface area (Å²) < 4.78 is 5.82. The summed E-state index contributed by atoms with van der Waals surface area (Å²) in [5.74, 6) is 1.48. The number of hydrogen-bond donors (Lipinski definition) is 2. The number of halogens is 1. The second-order valence-electron chi connectivity index (χ2n) is 8.50. The molecular weight excluding hydrogens is 499 g/mol. The van der Waals surface area contributed by atoms with E-state index in [9.17, 15) is 0 Å². The molecule has 2 N–H and O–H groups in total. The van der Waals surface area contributed by atoms with Gasteiger partial charge in [0.1, 0.15) is 0 Å². The van der Waals surface area contributed by atoms with Crippen LogP contribution in [0.1, 0.15) is 37.5 Å². The van der Waals surface area contributed by atoms with Crippen molar-refractivity contribution in [2.45, 2.75) is 52.6 Å². The van der Waals surface area contributed by atoms with E-state index in [2.05, 4.69) is 77.7 Å². The molecule has 0 amide bonds. The van der Waals surface area contributed by atoms with Gasteiger partial charge in [0, 0.05) is 38.8 Å². The summed E-state index contributed by atoms with van der Waals surface area (Å²) >= 11 is 0. The van der Waals surface area contributed by atoms with Crippen LogP contribution >= 0.6 is 24.0 Å².